The van der Waals surface area contributed by atoms with E-state index in [2.05, 4.69) is 31.1 Å². The van der Waals surface area contributed by atoms with Gasteiger partial charge in [0.25, 0.3) is 0 Å². The first-order valence-corrected chi connectivity index (χ1v) is 6.29. The van der Waals surface area contributed by atoms with Crippen LogP contribution in [0.3, 0.4) is 0 Å². The van der Waals surface area contributed by atoms with Crippen molar-refractivity contribution in [3.63, 3.8) is 0 Å². The van der Waals surface area contributed by atoms with Gasteiger partial charge in [0.15, 0.2) is 5.82 Å². The maximum atomic E-state index is 5.89. The Morgan fingerprint density at radius 2 is 2.24 bits per heavy atom. The SMILES string of the molecule is CC(C)(C)c1c(N)nnn1CCC1CCCO1. The average Bonchev–Trinajstić information content (AvgIpc) is 2.82. The lowest BCUT2D eigenvalue weighted by Crippen LogP contribution is -2.21. The quantitative estimate of drug-likeness (QED) is 0.871. The molecule has 1 aliphatic rings. The number of nitrogens with two attached hydrogens (primary N) is 1. The van der Waals surface area contributed by atoms with Gasteiger partial charge in [-0.15, -0.1) is 5.10 Å². The van der Waals surface area contributed by atoms with Gasteiger partial charge in [-0.05, 0) is 19.3 Å². The Hall–Kier alpha value is -1.10. The number of nitrogens with zero attached hydrogens (tertiary/aromatic N) is 3. The number of nitrogen functional groups attached to an aromatic ring is 1. The van der Waals surface area contributed by atoms with Crippen LogP contribution in [0.1, 0.15) is 45.7 Å². The Balaban J connectivity index is 2.05. The van der Waals surface area contributed by atoms with Crippen LogP contribution in [0.25, 0.3) is 0 Å². The highest BCUT2D eigenvalue weighted by atomic mass is 16.5. The van der Waals surface area contributed by atoms with Crippen LogP contribution < -0.4 is 5.73 Å². The van der Waals surface area contributed by atoms with Gasteiger partial charge < -0.3 is 10.5 Å². The van der Waals surface area contributed by atoms with Crippen molar-refractivity contribution in [2.45, 2.75) is 58.1 Å². The van der Waals surface area contributed by atoms with Crippen LogP contribution in [0.15, 0.2) is 0 Å². The van der Waals surface area contributed by atoms with E-state index in [4.69, 9.17) is 10.5 Å². The number of anilines is 1. The van der Waals surface area contributed by atoms with Crippen molar-refractivity contribution in [3.8, 4) is 0 Å². The van der Waals surface area contributed by atoms with Crippen LogP contribution in [-0.4, -0.2) is 27.7 Å². The summed E-state index contributed by atoms with van der Waals surface area (Å²) in [6.07, 6.45) is 3.71. The summed E-state index contributed by atoms with van der Waals surface area (Å²) in [7, 11) is 0. The van der Waals surface area contributed by atoms with Crippen molar-refractivity contribution in [2.24, 2.45) is 0 Å². The minimum atomic E-state index is -0.0237. The standard InChI is InChI=1S/C12H22N4O/c1-12(2,3)10-11(13)14-15-16(10)7-6-9-5-4-8-17-9/h9H,4-8,13H2,1-3H3. The molecule has 1 atom stereocenters. The minimum absolute atomic E-state index is 0.0237. The molecule has 5 heteroatoms. The number of rotatable bonds is 3. The zero-order valence-electron chi connectivity index (χ0n) is 10.9. The molecule has 1 unspecified atom stereocenters. The maximum absolute atomic E-state index is 5.89. The second-order valence-corrected chi connectivity index (χ2v) is 5.72. The Morgan fingerprint density at radius 3 is 2.82 bits per heavy atom. The summed E-state index contributed by atoms with van der Waals surface area (Å²) in [5.41, 5.74) is 6.89. The molecule has 0 amide bonds. The monoisotopic (exact) mass is 238 g/mol. The van der Waals surface area contributed by atoms with E-state index < -0.39 is 0 Å². The van der Waals surface area contributed by atoms with Crippen LogP contribution in [0.5, 0.6) is 0 Å². The zero-order chi connectivity index (χ0) is 12.5. The summed E-state index contributed by atoms with van der Waals surface area (Å²) in [5.74, 6) is 0.546. The summed E-state index contributed by atoms with van der Waals surface area (Å²) in [4.78, 5) is 0. The predicted octanol–water partition coefficient (Wildman–Crippen LogP) is 1.73. The number of aromatic nitrogens is 3. The highest BCUT2D eigenvalue weighted by Crippen LogP contribution is 2.26. The molecule has 0 spiro atoms. The summed E-state index contributed by atoms with van der Waals surface area (Å²) in [6.45, 7) is 8.12. The van der Waals surface area contributed by atoms with Gasteiger partial charge in [0, 0.05) is 18.6 Å². The van der Waals surface area contributed by atoms with E-state index in [-0.39, 0.29) is 5.41 Å². The maximum Gasteiger partial charge on any atom is 0.169 e. The molecule has 1 saturated heterocycles. The fourth-order valence-electron chi connectivity index (χ4n) is 2.39. The lowest BCUT2D eigenvalue weighted by Gasteiger charge is -2.20. The van der Waals surface area contributed by atoms with Crippen molar-refractivity contribution in [1.82, 2.24) is 15.0 Å². The second-order valence-electron chi connectivity index (χ2n) is 5.72. The molecule has 1 aromatic rings. The van der Waals surface area contributed by atoms with Crippen LogP contribution in [0, 0.1) is 0 Å². The highest BCUT2D eigenvalue weighted by Gasteiger charge is 2.24. The topological polar surface area (TPSA) is 66.0 Å². The largest absolute Gasteiger partial charge is 0.381 e. The molecule has 2 rings (SSSR count). The number of hydrogen-bond donors (Lipinski definition) is 1. The minimum Gasteiger partial charge on any atom is -0.381 e. The third-order valence-corrected chi connectivity index (χ3v) is 3.16. The Kier molecular flexibility index (Phi) is 3.38. The summed E-state index contributed by atoms with van der Waals surface area (Å²) >= 11 is 0. The summed E-state index contributed by atoms with van der Waals surface area (Å²) < 4.78 is 7.54. The van der Waals surface area contributed by atoms with Gasteiger partial charge in [-0.2, -0.15) is 0 Å². The molecule has 5 nitrogen and oxygen atoms in total. The van der Waals surface area contributed by atoms with Crippen molar-refractivity contribution >= 4 is 5.82 Å². The molecule has 0 radical (unpaired) electrons. The molecule has 2 N–H and O–H groups in total. The van der Waals surface area contributed by atoms with Gasteiger partial charge >= 0.3 is 0 Å². The first-order chi connectivity index (χ1) is 7.98. The van der Waals surface area contributed by atoms with Gasteiger partial charge in [0.05, 0.1) is 11.8 Å². The van der Waals surface area contributed by atoms with E-state index in [0.29, 0.717) is 11.9 Å². The third-order valence-electron chi connectivity index (χ3n) is 3.16. The van der Waals surface area contributed by atoms with E-state index in [0.717, 1.165) is 31.7 Å². The van der Waals surface area contributed by atoms with Crippen LogP contribution in [0.4, 0.5) is 5.82 Å². The van der Waals surface area contributed by atoms with Gasteiger partial charge in [0.1, 0.15) is 0 Å². The van der Waals surface area contributed by atoms with E-state index in [1.54, 1.807) is 0 Å². The van der Waals surface area contributed by atoms with Crippen molar-refractivity contribution < 1.29 is 4.74 Å². The Morgan fingerprint density at radius 1 is 1.47 bits per heavy atom. The van der Waals surface area contributed by atoms with Gasteiger partial charge in [-0.1, -0.05) is 26.0 Å². The Bertz CT molecular complexity index is 374. The average molecular weight is 238 g/mol. The predicted molar refractivity (Wildman–Crippen MR) is 66.7 cm³/mol. The molecule has 1 aliphatic heterocycles. The zero-order valence-corrected chi connectivity index (χ0v) is 10.9. The van der Waals surface area contributed by atoms with Crippen LogP contribution in [-0.2, 0) is 16.7 Å². The fraction of sp³-hybridized carbons (Fsp3) is 0.833. The van der Waals surface area contributed by atoms with E-state index in [9.17, 15) is 0 Å². The highest BCUT2D eigenvalue weighted by molar-refractivity contribution is 5.37. The summed E-state index contributed by atoms with van der Waals surface area (Å²) in [5, 5.41) is 8.11. The molecule has 0 aliphatic carbocycles. The smallest absolute Gasteiger partial charge is 0.169 e. The second kappa shape index (κ2) is 4.64. The summed E-state index contributed by atoms with van der Waals surface area (Å²) in [6, 6.07) is 0. The molecule has 1 fully saturated rings. The Labute approximate surface area is 102 Å². The number of aryl methyl sites for hydroxylation is 1. The molecule has 0 saturated carbocycles. The molecular formula is C12H22N4O. The lowest BCUT2D eigenvalue weighted by molar-refractivity contribution is 0.0988. The molecule has 0 bridgehead atoms. The van der Waals surface area contributed by atoms with Crippen LogP contribution >= 0.6 is 0 Å². The molecule has 17 heavy (non-hydrogen) atoms. The van der Waals surface area contributed by atoms with Gasteiger partial charge in [-0.3, -0.25) is 0 Å². The molecule has 2 heterocycles. The fourth-order valence-corrected chi connectivity index (χ4v) is 2.39. The van der Waals surface area contributed by atoms with Crippen molar-refractivity contribution in [3.05, 3.63) is 5.69 Å². The van der Waals surface area contributed by atoms with Crippen LogP contribution in [0.2, 0.25) is 0 Å². The van der Waals surface area contributed by atoms with Crippen molar-refractivity contribution in [1.29, 1.82) is 0 Å². The number of ether oxygens (including phenoxy) is 1. The molecular weight excluding hydrogens is 216 g/mol. The van der Waals surface area contributed by atoms with Gasteiger partial charge in [-0.25, -0.2) is 4.68 Å². The third kappa shape index (κ3) is 2.77. The first-order valence-electron chi connectivity index (χ1n) is 6.29. The normalized spacial score (nSPS) is 21.0. The van der Waals surface area contributed by atoms with Gasteiger partial charge in [0.2, 0.25) is 0 Å². The van der Waals surface area contributed by atoms with E-state index in [1.807, 2.05) is 4.68 Å². The lowest BCUT2D eigenvalue weighted by atomic mass is 9.92. The van der Waals surface area contributed by atoms with E-state index in [1.165, 1.54) is 6.42 Å². The first kappa shape index (κ1) is 12.4. The number of hydrogen-bond acceptors (Lipinski definition) is 4. The molecule has 1 aromatic heterocycles. The van der Waals surface area contributed by atoms with E-state index >= 15 is 0 Å². The molecule has 96 valence electrons. The molecule has 0 aromatic carbocycles. The van der Waals surface area contributed by atoms with Crippen molar-refractivity contribution in [2.75, 3.05) is 12.3 Å².